The molecule has 27 heavy (non-hydrogen) atoms. The quantitative estimate of drug-likeness (QED) is 0.726. The van der Waals surface area contributed by atoms with Gasteiger partial charge in [-0.2, -0.15) is 5.26 Å². The number of nitrogens with zero attached hydrogens (tertiary/aromatic N) is 2. The minimum atomic E-state index is 0.282. The number of hydrogen-bond acceptors (Lipinski definition) is 4. The Balaban J connectivity index is 1.27. The van der Waals surface area contributed by atoms with Crippen molar-refractivity contribution in [2.45, 2.75) is 44.4 Å². The molecule has 1 aromatic heterocycles. The molecule has 0 unspecified atom stereocenters. The summed E-state index contributed by atoms with van der Waals surface area (Å²) >= 11 is 0. The average Bonchev–Trinajstić information content (AvgIpc) is 2.73. The summed E-state index contributed by atoms with van der Waals surface area (Å²) in [6.45, 7) is 0.810. The molecule has 1 N–H and O–H groups in total. The van der Waals surface area contributed by atoms with E-state index in [2.05, 4.69) is 34.6 Å². The van der Waals surface area contributed by atoms with Crippen molar-refractivity contribution in [3.05, 3.63) is 72.1 Å². The summed E-state index contributed by atoms with van der Waals surface area (Å²) in [5.74, 6) is 0.943. The Kier molecular flexibility index (Phi) is 5.32. The van der Waals surface area contributed by atoms with Crippen molar-refractivity contribution in [2.75, 3.05) is 0 Å². The molecule has 0 aliphatic heterocycles. The molecule has 0 bridgehead atoms. The van der Waals surface area contributed by atoms with E-state index in [1.54, 1.807) is 0 Å². The number of aromatic nitrogens is 1. The molecule has 1 aliphatic rings. The van der Waals surface area contributed by atoms with E-state index < -0.39 is 0 Å². The van der Waals surface area contributed by atoms with Crippen molar-refractivity contribution in [3.8, 4) is 11.8 Å². The van der Waals surface area contributed by atoms with Crippen molar-refractivity contribution in [1.82, 2.24) is 10.3 Å². The van der Waals surface area contributed by atoms with Gasteiger partial charge in [-0.1, -0.05) is 12.1 Å². The predicted molar refractivity (Wildman–Crippen MR) is 106 cm³/mol. The van der Waals surface area contributed by atoms with Gasteiger partial charge in [-0.05, 0) is 73.0 Å². The maximum absolute atomic E-state index is 9.00. The number of rotatable bonds is 5. The van der Waals surface area contributed by atoms with E-state index in [0.29, 0.717) is 6.04 Å². The van der Waals surface area contributed by atoms with Crippen LogP contribution < -0.4 is 10.1 Å². The highest BCUT2D eigenvalue weighted by atomic mass is 16.5. The van der Waals surface area contributed by atoms with Crippen LogP contribution in [0.25, 0.3) is 10.8 Å². The molecule has 0 saturated heterocycles. The molecule has 136 valence electrons. The van der Waals surface area contributed by atoms with Gasteiger partial charge < -0.3 is 10.1 Å². The van der Waals surface area contributed by atoms with Crippen molar-refractivity contribution in [3.63, 3.8) is 0 Å². The number of benzene rings is 2. The molecule has 3 aromatic rings. The van der Waals surface area contributed by atoms with Gasteiger partial charge in [-0.3, -0.25) is 4.98 Å². The van der Waals surface area contributed by atoms with E-state index >= 15 is 0 Å². The van der Waals surface area contributed by atoms with Crippen LogP contribution in [-0.2, 0) is 6.54 Å². The van der Waals surface area contributed by atoms with E-state index in [0.717, 1.165) is 59.9 Å². The number of ether oxygens (including phenoxy) is 1. The van der Waals surface area contributed by atoms with Crippen LogP contribution in [0.1, 0.15) is 36.8 Å². The predicted octanol–water partition coefficient (Wildman–Crippen LogP) is 4.59. The molecule has 1 heterocycles. The van der Waals surface area contributed by atoms with Crippen LogP contribution in [-0.4, -0.2) is 17.1 Å². The summed E-state index contributed by atoms with van der Waals surface area (Å²) in [6, 6.07) is 18.7. The second-order valence-electron chi connectivity index (χ2n) is 7.17. The van der Waals surface area contributed by atoms with Gasteiger partial charge in [-0.25, -0.2) is 0 Å². The molecule has 2 aromatic carbocycles. The second kappa shape index (κ2) is 8.20. The molecule has 0 spiro atoms. The van der Waals surface area contributed by atoms with Crippen molar-refractivity contribution >= 4 is 10.8 Å². The number of nitrogens with one attached hydrogen (secondary N) is 1. The number of fused-ring (bicyclic) bond motifs is 1. The number of hydrogen-bond donors (Lipinski definition) is 1. The Hall–Kier alpha value is -2.90. The third-order valence-electron chi connectivity index (χ3n) is 5.24. The van der Waals surface area contributed by atoms with Crippen LogP contribution in [0, 0.1) is 11.3 Å². The van der Waals surface area contributed by atoms with Gasteiger partial charge >= 0.3 is 0 Å². The number of nitriles is 1. The standard InChI is InChI=1S/C23H23N3O/c24-14-17-2-1-3-18(12-17)15-26-21-5-8-22(9-6-21)27-23-7-4-20-16-25-11-10-19(20)13-23/h1-4,7,10-13,16,21-22,26H,5-6,8-9,15H2. The summed E-state index contributed by atoms with van der Waals surface area (Å²) in [5, 5.41) is 14.9. The summed E-state index contributed by atoms with van der Waals surface area (Å²) < 4.78 is 6.22. The lowest BCUT2D eigenvalue weighted by Gasteiger charge is -2.29. The highest BCUT2D eigenvalue weighted by Crippen LogP contribution is 2.26. The summed E-state index contributed by atoms with van der Waals surface area (Å²) in [4.78, 5) is 4.15. The van der Waals surface area contributed by atoms with Gasteiger partial charge in [-0.15, -0.1) is 0 Å². The van der Waals surface area contributed by atoms with Crippen molar-refractivity contribution in [2.24, 2.45) is 0 Å². The maximum atomic E-state index is 9.00. The van der Waals surface area contributed by atoms with Crippen molar-refractivity contribution < 1.29 is 4.74 Å². The molecule has 4 nitrogen and oxygen atoms in total. The first-order valence-electron chi connectivity index (χ1n) is 9.53. The molecule has 1 fully saturated rings. The van der Waals surface area contributed by atoms with E-state index in [1.165, 1.54) is 0 Å². The summed E-state index contributed by atoms with van der Waals surface area (Å²) in [6.07, 6.45) is 8.32. The van der Waals surface area contributed by atoms with Gasteiger partial charge in [0.2, 0.25) is 0 Å². The fourth-order valence-electron chi connectivity index (χ4n) is 3.73. The van der Waals surface area contributed by atoms with Crippen LogP contribution in [0.2, 0.25) is 0 Å². The molecular weight excluding hydrogens is 334 g/mol. The van der Waals surface area contributed by atoms with Crippen LogP contribution in [0.5, 0.6) is 5.75 Å². The lowest BCUT2D eigenvalue weighted by atomic mass is 9.92. The fraction of sp³-hybridized carbons (Fsp3) is 0.304. The highest BCUT2D eigenvalue weighted by Gasteiger charge is 2.22. The summed E-state index contributed by atoms with van der Waals surface area (Å²) in [7, 11) is 0. The van der Waals surface area contributed by atoms with E-state index in [4.69, 9.17) is 10.00 Å². The van der Waals surface area contributed by atoms with Gasteiger partial charge in [0.05, 0.1) is 17.7 Å². The molecule has 4 heteroatoms. The van der Waals surface area contributed by atoms with E-state index in [1.807, 2.05) is 42.7 Å². The van der Waals surface area contributed by atoms with Crippen LogP contribution in [0.3, 0.4) is 0 Å². The normalized spacial score (nSPS) is 19.5. The highest BCUT2D eigenvalue weighted by molar-refractivity contribution is 5.82. The van der Waals surface area contributed by atoms with Gasteiger partial charge in [0.15, 0.2) is 0 Å². The van der Waals surface area contributed by atoms with Crippen LogP contribution in [0.4, 0.5) is 0 Å². The lowest BCUT2D eigenvalue weighted by Crippen LogP contribution is -2.35. The first-order chi connectivity index (χ1) is 13.3. The first-order valence-corrected chi connectivity index (χ1v) is 9.53. The lowest BCUT2D eigenvalue weighted by molar-refractivity contribution is 0.139. The third-order valence-corrected chi connectivity index (χ3v) is 5.24. The minimum absolute atomic E-state index is 0.282. The Labute approximate surface area is 159 Å². The zero-order chi connectivity index (χ0) is 18.5. The molecule has 4 rings (SSSR count). The smallest absolute Gasteiger partial charge is 0.120 e. The van der Waals surface area contributed by atoms with Gasteiger partial charge in [0.25, 0.3) is 0 Å². The Morgan fingerprint density at radius 2 is 1.93 bits per heavy atom. The summed E-state index contributed by atoms with van der Waals surface area (Å²) in [5.41, 5.74) is 1.88. The zero-order valence-electron chi connectivity index (χ0n) is 15.3. The van der Waals surface area contributed by atoms with Crippen LogP contribution >= 0.6 is 0 Å². The van der Waals surface area contributed by atoms with E-state index in [9.17, 15) is 0 Å². The molecule has 1 aliphatic carbocycles. The third kappa shape index (κ3) is 4.45. The Morgan fingerprint density at radius 1 is 1.04 bits per heavy atom. The fourth-order valence-corrected chi connectivity index (χ4v) is 3.73. The first kappa shape index (κ1) is 17.5. The monoisotopic (exact) mass is 357 g/mol. The molecule has 0 radical (unpaired) electrons. The van der Waals surface area contributed by atoms with Gasteiger partial charge in [0, 0.05) is 30.4 Å². The van der Waals surface area contributed by atoms with Crippen LogP contribution in [0.15, 0.2) is 60.9 Å². The molecule has 0 atom stereocenters. The SMILES string of the molecule is N#Cc1cccc(CNC2CCC(Oc3ccc4cnccc4c3)CC2)c1. The average molecular weight is 357 g/mol. The Bertz CT molecular complexity index is 955. The zero-order valence-corrected chi connectivity index (χ0v) is 15.3. The van der Waals surface area contributed by atoms with Crippen molar-refractivity contribution in [1.29, 1.82) is 5.26 Å². The minimum Gasteiger partial charge on any atom is -0.490 e. The number of pyridine rings is 1. The second-order valence-corrected chi connectivity index (χ2v) is 7.17. The maximum Gasteiger partial charge on any atom is 0.120 e. The molecular formula is C23H23N3O. The molecule has 0 amide bonds. The molecule has 1 saturated carbocycles. The van der Waals surface area contributed by atoms with Gasteiger partial charge in [0.1, 0.15) is 5.75 Å². The Morgan fingerprint density at radius 3 is 2.78 bits per heavy atom. The largest absolute Gasteiger partial charge is 0.490 e. The van der Waals surface area contributed by atoms with E-state index in [-0.39, 0.29) is 6.10 Å². The topological polar surface area (TPSA) is 57.9 Å².